The molecule has 0 aromatic carbocycles. The highest BCUT2D eigenvalue weighted by Gasteiger charge is 2.43. The predicted molar refractivity (Wildman–Crippen MR) is 94.0 cm³/mol. The van der Waals surface area contributed by atoms with Crippen molar-refractivity contribution in [3.8, 4) is 0 Å². The number of thiophene rings is 1. The Morgan fingerprint density at radius 1 is 1.43 bits per heavy atom. The molecule has 122 valence electrons. The third kappa shape index (κ3) is 3.23. The second kappa shape index (κ2) is 7.10. The summed E-state index contributed by atoms with van der Waals surface area (Å²) in [5, 5.41) is 0. The lowest BCUT2D eigenvalue weighted by molar-refractivity contribution is -0.136. The van der Waals surface area contributed by atoms with Gasteiger partial charge in [0.05, 0.1) is 24.1 Å². The Balaban J connectivity index is 2.70. The Kier molecular flexibility index (Phi) is 5.38. The standard InChI is InChI=1S/C18H22N2O2S/c1-7-8-14-16(18(21)22-6)15(17(19-5)11(3)20-14)13-9-10(2)23-12(13)4/h9,15,17H,7-8H2,1-4,6H3. The number of methoxy groups -OCH3 is 1. The molecule has 0 saturated carbocycles. The van der Waals surface area contributed by atoms with Crippen molar-refractivity contribution in [2.45, 2.75) is 52.5 Å². The predicted octanol–water partition coefficient (Wildman–Crippen LogP) is 4.44. The molecule has 1 aliphatic heterocycles. The molecule has 23 heavy (non-hydrogen) atoms. The van der Waals surface area contributed by atoms with Crippen molar-refractivity contribution in [1.82, 2.24) is 0 Å². The van der Waals surface area contributed by atoms with Crippen LogP contribution in [-0.2, 0) is 9.53 Å². The van der Waals surface area contributed by atoms with Gasteiger partial charge in [-0.05, 0) is 38.8 Å². The average molecular weight is 330 g/mol. The normalized spacial score (nSPS) is 21.0. The van der Waals surface area contributed by atoms with Crippen molar-refractivity contribution in [3.05, 3.63) is 44.1 Å². The lowest BCUT2D eigenvalue weighted by Gasteiger charge is -2.26. The van der Waals surface area contributed by atoms with Gasteiger partial charge in [0.2, 0.25) is 0 Å². The zero-order valence-electron chi connectivity index (χ0n) is 14.3. The molecule has 0 aliphatic carbocycles. The lowest BCUT2D eigenvalue weighted by Crippen LogP contribution is -2.32. The number of nitrogens with zero attached hydrogens (tertiary/aromatic N) is 2. The first-order chi connectivity index (χ1) is 10.9. The van der Waals surface area contributed by atoms with E-state index < -0.39 is 6.04 Å². The van der Waals surface area contributed by atoms with Crippen molar-refractivity contribution in [1.29, 1.82) is 0 Å². The molecule has 0 spiro atoms. The highest BCUT2D eigenvalue weighted by atomic mass is 32.1. The van der Waals surface area contributed by atoms with E-state index in [1.54, 1.807) is 11.3 Å². The number of esters is 1. The lowest BCUT2D eigenvalue weighted by atomic mass is 9.79. The van der Waals surface area contributed by atoms with Gasteiger partial charge in [-0.1, -0.05) is 13.3 Å². The summed E-state index contributed by atoms with van der Waals surface area (Å²) in [6, 6.07) is 1.64. The molecular formula is C18H22N2O2S. The van der Waals surface area contributed by atoms with E-state index in [1.165, 1.54) is 12.0 Å². The summed E-state index contributed by atoms with van der Waals surface area (Å²) in [7, 11) is 1.39. The molecule has 1 aliphatic rings. The molecule has 1 aromatic heterocycles. The van der Waals surface area contributed by atoms with Gasteiger partial charge in [0, 0.05) is 9.75 Å². The molecule has 5 heteroatoms. The molecule has 2 unspecified atom stereocenters. The van der Waals surface area contributed by atoms with E-state index in [2.05, 4.69) is 22.8 Å². The molecule has 1 aromatic rings. The number of carbonyl (C=O) groups is 1. The van der Waals surface area contributed by atoms with Gasteiger partial charge < -0.3 is 9.58 Å². The fourth-order valence-corrected chi connectivity index (χ4v) is 4.13. The van der Waals surface area contributed by atoms with Gasteiger partial charge in [0.1, 0.15) is 5.92 Å². The SMILES string of the molecule is [C-]#[N+]C1C(C)=NC(CCC)=C(C(=O)OC)C1c1cc(C)sc1C. The quantitative estimate of drug-likeness (QED) is 0.605. The molecule has 2 rings (SSSR count). The maximum absolute atomic E-state index is 12.5. The summed E-state index contributed by atoms with van der Waals surface area (Å²) < 4.78 is 5.03. The zero-order valence-corrected chi connectivity index (χ0v) is 15.1. The average Bonchev–Trinajstić information content (AvgIpc) is 2.84. The number of hydrogen-bond acceptors (Lipinski definition) is 4. The van der Waals surface area contributed by atoms with Gasteiger partial charge in [-0.2, -0.15) is 0 Å². The van der Waals surface area contributed by atoms with Crippen LogP contribution in [0.25, 0.3) is 4.85 Å². The molecule has 0 N–H and O–H groups in total. The summed E-state index contributed by atoms with van der Waals surface area (Å²) in [5.41, 5.74) is 3.16. The fourth-order valence-electron chi connectivity index (χ4n) is 3.15. The van der Waals surface area contributed by atoms with Gasteiger partial charge in [0.15, 0.2) is 0 Å². The first-order valence-electron chi connectivity index (χ1n) is 7.74. The highest BCUT2D eigenvalue weighted by molar-refractivity contribution is 7.12. The van der Waals surface area contributed by atoms with Crippen LogP contribution in [0.2, 0.25) is 0 Å². The Hall–Kier alpha value is -1.93. The number of ether oxygens (including phenoxy) is 1. The van der Waals surface area contributed by atoms with E-state index in [9.17, 15) is 4.79 Å². The minimum Gasteiger partial charge on any atom is -0.466 e. The van der Waals surface area contributed by atoms with Crippen LogP contribution >= 0.6 is 11.3 Å². The van der Waals surface area contributed by atoms with Crippen LogP contribution < -0.4 is 0 Å². The van der Waals surface area contributed by atoms with Crippen molar-refractivity contribution in [2.75, 3.05) is 7.11 Å². The van der Waals surface area contributed by atoms with Crippen LogP contribution in [0.5, 0.6) is 0 Å². The van der Waals surface area contributed by atoms with Crippen molar-refractivity contribution in [2.24, 2.45) is 4.99 Å². The van der Waals surface area contributed by atoms with Crippen LogP contribution in [0.15, 0.2) is 22.3 Å². The van der Waals surface area contributed by atoms with Crippen molar-refractivity contribution in [3.63, 3.8) is 0 Å². The van der Waals surface area contributed by atoms with Gasteiger partial charge in [0.25, 0.3) is 6.04 Å². The maximum Gasteiger partial charge on any atom is 0.336 e. The number of allylic oxidation sites excluding steroid dienone is 1. The molecule has 0 radical (unpaired) electrons. The number of carbonyl (C=O) groups excluding carboxylic acids is 1. The van der Waals surface area contributed by atoms with E-state index in [1.807, 2.05) is 20.8 Å². The summed E-state index contributed by atoms with van der Waals surface area (Å²) in [6.07, 6.45) is 1.61. The summed E-state index contributed by atoms with van der Waals surface area (Å²) in [4.78, 5) is 23.2. The Bertz CT molecular complexity index is 722. The Morgan fingerprint density at radius 3 is 2.61 bits per heavy atom. The summed E-state index contributed by atoms with van der Waals surface area (Å²) >= 11 is 1.70. The number of aryl methyl sites for hydroxylation is 2. The third-order valence-corrected chi connectivity index (χ3v) is 5.10. The molecule has 2 atom stereocenters. The Morgan fingerprint density at radius 2 is 2.13 bits per heavy atom. The van der Waals surface area contributed by atoms with Crippen LogP contribution in [0.1, 0.15) is 47.9 Å². The van der Waals surface area contributed by atoms with Crippen LogP contribution in [0, 0.1) is 20.4 Å². The number of aliphatic imine (C=N–C) groups is 1. The Labute approximate surface area is 141 Å². The van der Waals surface area contributed by atoms with Crippen LogP contribution in [0.3, 0.4) is 0 Å². The largest absolute Gasteiger partial charge is 0.466 e. The second-order valence-corrected chi connectivity index (χ2v) is 7.24. The maximum atomic E-state index is 12.5. The minimum absolute atomic E-state index is 0.288. The first kappa shape index (κ1) is 17.4. The molecular weight excluding hydrogens is 308 g/mol. The minimum atomic E-state index is -0.447. The van der Waals surface area contributed by atoms with Gasteiger partial charge >= 0.3 is 5.97 Å². The van der Waals surface area contributed by atoms with E-state index in [0.717, 1.165) is 28.3 Å². The number of hydrogen-bond donors (Lipinski definition) is 0. The van der Waals surface area contributed by atoms with Gasteiger partial charge in [-0.15, -0.1) is 11.3 Å². The summed E-state index contributed by atoms with van der Waals surface area (Å²) in [5.74, 6) is -0.657. The highest BCUT2D eigenvalue weighted by Crippen LogP contribution is 2.41. The zero-order chi connectivity index (χ0) is 17.1. The second-order valence-electron chi connectivity index (χ2n) is 5.78. The fraction of sp³-hybridized carbons (Fsp3) is 0.500. The molecule has 0 amide bonds. The molecule has 0 fully saturated rings. The molecule has 0 saturated heterocycles. The third-order valence-electron chi connectivity index (χ3n) is 4.12. The van der Waals surface area contributed by atoms with Gasteiger partial charge in [-0.3, -0.25) is 4.99 Å². The molecule has 0 bridgehead atoms. The topological polar surface area (TPSA) is 43.0 Å². The smallest absolute Gasteiger partial charge is 0.336 e. The van der Waals surface area contributed by atoms with Crippen LogP contribution in [0.4, 0.5) is 0 Å². The van der Waals surface area contributed by atoms with E-state index >= 15 is 0 Å². The van der Waals surface area contributed by atoms with E-state index in [0.29, 0.717) is 12.0 Å². The van der Waals surface area contributed by atoms with E-state index in [4.69, 9.17) is 11.3 Å². The number of rotatable bonds is 4. The van der Waals surface area contributed by atoms with Crippen LogP contribution in [-0.4, -0.2) is 24.8 Å². The first-order valence-corrected chi connectivity index (χ1v) is 8.56. The monoisotopic (exact) mass is 330 g/mol. The molecule has 2 heterocycles. The van der Waals surface area contributed by atoms with Gasteiger partial charge in [-0.25, -0.2) is 11.4 Å². The van der Waals surface area contributed by atoms with Crippen molar-refractivity contribution >= 4 is 23.0 Å². The van der Waals surface area contributed by atoms with Crippen molar-refractivity contribution < 1.29 is 9.53 Å². The summed E-state index contributed by atoms with van der Waals surface area (Å²) in [6.45, 7) is 15.6. The van der Waals surface area contributed by atoms with E-state index in [-0.39, 0.29) is 11.9 Å². The molecule has 4 nitrogen and oxygen atoms in total.